The molecule has 3 N–H and O–H groups in total. The van der Waals surface area contributed by atoms with Crippen molar-refractivity contribution < 1.29 is 14.0 Å². The van der Waals surface area contributed by atoms with Gasteiger partial charge < -0.3 is 10.9 Å². The van der Waals surface area contributed by atoms with Crippen LogP contribution in [0.15, 0.2) is 5.16 Å². The minimum Gasteiger partial charge on any atom is -0.409 e. The van der Waals surface area contributed by atoms with E-state index in [0.717, 1.165) is 0 Å². The first kappa shape index (κ1) is 7.24. The first-order valence-electron chi connectivity index (χ1n) is 2.90. The van der Waals surface area contributed by atoms with Crippen molar-refractivity contribution in [1.29, 1.82) is 0 Å². The molecule has 0 radical (unpaired) electrons. The van der Waals surface area contributed by atoms with Crippen LogP contribution in [0.5, 0.6) is 0 Å². The fourth-order valence-electron chi connectivity index (χ4n) is 0.784. The normalized spacial score (nSPS) is 30.2. The van der Waals surface area contributed by atoms with Crippen molar-refractivity contribution in [3.8, 4) is 0 Å². The van der Waals surface area contributed by atoms with E-state index < -0.39 is 11.8 Å². The summed E-state index contributed by atoms with van der Waals surface area (Å²) in [6, 6.07) is 0. The maximum absolute atomic E-state index is 12.1. The molecular formula is C5H8F2N2O. The minimum atomic E-state index is -2.57. The molecule has 1 aliphatic rings. The highest BCUT2D eigenvalue weighted by atomic mass is 19.3. The van der Waals surface area contributed by atoms with Crippen molar-refractivity contribution in [3.63, 3.8) is 0 Å². The molecule has 1 unspecified atom stereocenters. The van der Waals surface area contributed by atoms with Gasteiger partial charge in [-0.05, 0) is 0 Å². The van der Waals surface area contributed by atoms with Crippen LogP contribution in [0.4, 0.5) is 8.78 Å². The van der Waals surface area contributed by atoms with Gasteiger partial charge in [-0.3, -0.25) is 0 Å². The second kappa shape index (κ2) is 2.07. The van der Waals surface area contributed by atoms with Crippen molar-refractivity contribution in [2.75, 3.05) is 0 Å². The largest absolute Gasteiger partial charge is 0.409 e. The van der Waals surface area contributed by atoms with Crippen molar-refractivity contribution in [1.82, 2.24) is 0 Å². The molecule has 0 spiro atoms. The lowest BCUT2D eigenvalue weighted by Crippen LogP contribution is -2.13. The van der Waals surface area contributed by atoms with Crippen LogP contribution in [0.1, 0.15) is 12.8 Å². The van der Waals surface area contributed by atoms with E-state index in [9.17, 15) is 8.78 Å². The van der Waals surface area contributed by atoms with Gasteiger partial charge in [0, 0.05) is 18.8 Å². The summed E-state index contributed by atoms with van der Waals surface area (Å²) in [5.41, 5.74) is 5.00. The van der Waals surface area contributed by atoms with Gasteiger partial charge in [-0.2, -0.15) is 0 Å². The van der Waals surface area contributed by atoms with Gasteiger partial charge >= 0.3 is 0 Å². The van der Waals surface area contributed by atoms with Crippen LogP contribution in [-0.4, -0.2) is 17.0 Å². The lowest BCUT2D eigenvalue weighted by molar-refractivity contribution is 0.100. The Morgan fingerprint density at radius 3 is 2.60 bits per heavy atom. The summed E-state index contributed by atoms with van der Waals surface area (Å²) < 4.78 is 24.2. The van der Waals surface area contributed by atoms with Crippen LogP contribution in [0.25, 0.3) is 0 Å². The van der Waals surface area contributed by atoms with Crippen molar-refractivity contribution >= 4 is 5.84 Å². The molecule has 10 heavy (non-hydrogen) atoms. The zero-order valence-electron chi connectivity index (χ0n) is 5.22. The monoisotopic (exact) mass is 150 g/mol. The Labute approximate surface area is 56.5 Å². The fraction of sp³-hybridized carbons (Fsp3) is 0.800. The van der Waals surface area contributed by atoms with Gasteiger partial charge in [0.1, 0.15) is 5.84 Å². The minimum absolute atomic E-state index is 0.0104. The van der Waals surface area contributed by atoms with Crippen LogP contribution in [-0.2, 0) is 0 Å². The highest BCUT2D eigenvalue weighted by Crippen LogP contribution is 2.50. The van der Waals surface area contributed by atoms with Gasteiger partial charge in [0.05, 0.1) is 0 Å². The molecule has 0 saturated heterocycles. The molecule has 0 aromatic carbocycles. The van der Waals surface area contributed by atoms with Gasteiger partial charge in [-0.15, -0.1) is 0 Å². The molecule has 0 aromatic rings. The molecule has 0 bridgehead atoms. The van der Waals surface area contributed by atoms with Crippen LogP contribution in [0.2, 0.25) is 0 Å². The molecule has 58 valence electrons. The maximum Gasteiger partial charge on any atom is 0.252 e. The Bertz CT molecular complexity index is 169. The van der Waals surface area contributed by atoms with Crippen LogP contribution in [0, 0.1) is 5.92 Å². The standard InChI is InChI=1S/C5H8F2N2O/c6-5(7)2-3(5)1-4(8)9-10/h3,10H,1-2H2,(H2,8,9). The van der Waals surface area contributed by atoms with E-state index in [0.29, 0.717) is 0 Å². The molecule has 1 atom stereocenters. The molecule has 5 heteroatoms. The van der Waals surface area contributed by atoms with E-state index >= 15 is 0 Å². The molecule has 3 nitrogen and oxygen atoms in total. The number of alkyl halides is 2. The van der Waals surface area contributed by atoms with E-state index in [1.54, 1.807) is 0 Å². The lowest BCUT2D eigenvalue weighted by Gasteiger charge is -1.94. The van der Waals surface area contributed by atoms with Gasteiger partial charge in [-0.1, -0.05) is 5.16 Å². The van der Waals surface area contributed by atoms with Crippen LogP contribution in [0.3, 0.4) is 0 Å². The van der Waals surface area contributed by atoms with E-state index in [4.69, 9.17) is 10.9 Å². The van der Waals surface area contributed by atoms with Crippen LogP contribution >= 0.6 is 0 Å². The number of oxime groups is 1. The number of halogens is 2. The molecular weight excluding hydrogens is 142 g/mol. The third-order valence-corrected chi connectivity index (χ3v) is 1.54. The Morgan fingerprint density at radius 1 is 1.80 bits per heavy atom. The molecule has 1 rings (SSSR count). The summed E-state index contributed by atoms with van der Waals surface area (Å²) >= 11 is 0. The van der Waals surface area contributed by atoms with Crippen molar-refractivity contribution in [2.24, 2.45) is 16.8 Å². The SMILES string of the molecule is N/C(CC1CC1(F)F)=N\O. The highest BCUT2D eigenvalue weighted by molar-refractivity contribution is 5.80. The Morgan fingerprint density at radius 2 is 2.30 bits per heavy atom. The van der Waals surface area contributed by atoms with Crippen LogP contribution < -0.4 is 5.73 Å². The van der Waals surface area contributed by atoms with Crippen molar-refractivity contribution in [3.05, 3.63) is 0 Å². The summed E-state index contributed by atoms with van der Waals surface area (Å²) in [5, 5.41) is 10.6. The summed E-state index contributed by atoms with van der Waals surface area (Å²) in [4.78, 5) is 0. The Kier molecular flexibility index (Phi) is 1.50. The molecule has 0 aromatic heterocycles. The third-order valence-electron chi connectivity index (χ3n) is 1.54. The number of amidine groups is 1. The average Bonchev–Trinajstić information content (AvgIpc) is 2.40. The molecule has 1 aliphatic carbocycles. The van der Waals surface area contributed by atoms with E-state index in [1.165, 1.54) is 0 Å². The quantitative estimate of drug-likeness (QED) is 0.264. The topological polar surface area (TPSA) is 58.6 Å². The third kappa shape index (κ3) is 1.34. The number of rotatable bonds is 2. The highest BCUT2D eigenvalue weighted by Gasteiger charge is 2.56. The maximum atomic E-state index is 12.1. The molecule has 0 aliphatic heterocycles. The first-order chi connectivity index (χ1) is 4.56. The zero-order valence-corrected chi connectivity index (χ0v) is 5.22. The van der Waals surface area contributed by atoms with E-state index in [-0.39, 0.29) is 18.7 Å². The Balaban J connectivity index is 2.31. The predicted molar refractivity (Wildman–Crippen MR) is 31.1 cm³/mol. The predicted octanol–water partition coefficient (Wildman–Crippen LogP) is 0.778. The fourth-order valence-corrected chi connectivity index (χ4v) is 0.784. The van der Waals surface area contributed by atoms with Gasteiger partial charge in [0.2, 0.25) is 0 Å². The van der Waals surface area contributed by atoms with Gasteiger partial charge in [0.15, 0.2) is 0 Å². The second-order valence-electron chi connectivity index (χ2n) is 2.46. The molecule has 1 fully saturated rings. The summed E-state index contributed by atoms with van der Waals surface area (Å²) in [6.07, 6.45) is -0.146. The molecule has 0 heterocycles. The number of nitrogens with zero attached hydrogens (tertiary/aromatic N) is 1. The van der Waals surface area contributed by atoms with Gasteiger partial charge in [-0.25, -0.2) is 8.78 Å². The first-order valence-corrected chi connectivity index (χ1v) is 2.90. The van der Waals surface area contributed by atoms with Gasteiger partial charge in [0.25, 0.3) is 5.92 Å². The number of nitrogens with two attached hydrogens (primary N) is 1. The molecule has 1 saturated carbocycles. The summed E-state index contributed by atoms with van der Waals surface area (Å²) in [6.45, 7) is 0. The Hall–Kier alpha value is -0.870. The second-order valence-corrected chi connectivity index (χ2v) is 2.46. The van der Waals surface area contributed by atoms with E-state index in [2.05, 4.69) is 5.16 Å². The van der Waals surface area contributed by atoms with E-state index in [1.807, 2.05) is 0 Å². The smallest absolute Gasteiger partial charge is 0.252 e. The van der Waals surface area contributed by atoms with Crippen molar-refractivity contribution in [2.45, 2.75) is 18.8 Å². The lowest BCUT2D eigenvalue weighted by atomic mass is 10.3. The summed E-state index contributed by atoms with van der Waals surface area (Å²) in [7, 11) is 0. The zero-order chi connectivity index (χ0) is 7.78. The summed E-state index contributed by atoms with van der Waals surface area (Å²) in [5.74, 6) is -3.40. The average molecular weight is 150 g/mol. The number of hydrogen-bond donors (Lipinski definition) is 2. The molecule has 0 amide bonds. The number of hydrogen-bond acceptors (Lipinski definition) is 2.